The van der Waals surface area contributed by atoms with Crippen LogP contribution in [-0.4, -0.2) is 22.6 Å². The second-order valence-corrected chi connectivity index (χ2v) is 2.20. The maximum Gasteiger partial charge on any atom is 0.0701 e. The van der Waals surface area contributed by atoms with Crippen LogP contribution in [0.25, 0.3) is 10.9 Å². The van der Waals surface area contributed by atoms with Gasteiger partial charge in [-0.3, -0.25) is 4.98 Å². The molecule has 0 aliphatic rings. The number of nitrogens with zero attached hydrogens (tertiary/aromatic N) is 1. The first-order chi connectivity index (χ1) is 4.97. The van der Waals surface area contributed by atoms with Crippen molar-refractivity contribution in [1.82, 2.24) is 4.98 Å². The SMILES string of the molecule is [GeH4].c1ccc2ncccc2c1. The fourth-order valence-corrected chi connectivity index (χ4v) is 1.02. The Kier molecular flexibility index (Phi) is 2.66. The van der Waals surface area contributed by atoms with E-state index in [4.69, 9.17) is 0 Å². The molecule has 0 N–H and O–H groups in total. The average molecular weight is 206 g/mol. The summed E-state index contributed by atoms with van der Waals surface area (Å²) in [6, 6.07) is 12.1. The van der Waals surface area contributed by atoms with E-state index in [0.717, 1.165) is 5.52 Å². The van der Waals surface area contributed by atoms with Crippen LogP contribution in [0.15, 0.2) is 42.6 Å². The minimum atomic E-state index is 0. The molecule has 0 aliphatic heterocycles. The molecule has 0 saturated carbocycles. The van der Waals surface area contributed by atoms with Crippen LogP contribution < -0.4 is 0 Å². The van der Waals surface area contributed by atoms with E-state index in [1.807, 2.05) is 30.5 Å². The Bertz CT molecular complexity index is 281. The van der Waals surface area contributed by atoms with Crippen molar-refractivity contribution in [2.75, 3.05) is 0 Å². The van der Waals surface area contributed by atoms with E-state index in [0.29, 0.717) is 0 Å². The summed E-state index contributed by atoms with van der Waals surface area (Å²) in [5.41, 5.74) is 1.06. The monoisotopic (exact) mass is 207 g/mol. The zero-order chi connectivity index (χ0) is 6.81. The average Bonchev–Trinajstić information content (AvgIpc) is 2.05. The molecule has 0 unspecified atom stereocenters. The van der Waals surface area contributed by atoms with Crippen molar-refractivity contribution in [3.63, 3.8) is 0 Å². The zero-order valence-corrected chi connectivity index (χ0v) is 5.49. The van der Waals surface area contributed by atoms with Crippen molar-refractivity contribution in [3.8, 4) is 0 Å². The molecule has 0 aliphatic carbocycles. The predicted molar refractivity (Wildman–Crippen MR) is 53.1 cm³/mol. The number of pyridine rings is 1. The number of benzene rings is 1. The predicted octanol–water partition coefficient (Wildman–Crippen LogP) is 0.783. The van der Waals surface area contributed by atoms with Gasteiger partial charge < -0.3 is 0 Å². The molecular weight excluding hydrogens is 195 g/mol. The summed E-state index contributed by atoms with van der Waals surface area (Å²) in [6.07, 6.45) is 1.81. The Morgan fingerprint density at radius 1 is 0.909 bits per heavy atom. The summed E-state index contributed by atoms with van der Waals surface area (Å²) in [7, 11) is 0. The Morgan fingerprint density at radius 2 is 1.64 bits per heavy atom. The fraction of sp³-hybridized carbons (Fsp3) is 0. The summed E-state index contributed by atoms with van der Waals surface area (Å²) in [5.74, 6) is 0. The molecule has 1 aromatic heterocycles. The van der Waals surface area contributed by atoms with Crippen molar-refractivity contribution >= 4 is 28.5 Å². The first-order valence-corrected chi connectivity index (χ1v) is 3.26. The molecule has 2 heteroatoms. The Balaban J connectivity index is 0.000000605. The van der Waals surface area contributed by atoms with Gasteiger partial charge in [-0.05, 0) is 12.1 Å². The molecule has 1 aromatic carbocycles. The van der Waals surface area contributed by atoms with Crippen LogP contribution in [0.3, 0.4) is 0 Å². The van der Waals surface area contributed by atoms with Crippen LogP contribution in [0.2, 0.25) is 0 Å². The summed E-state index contributed by atoms with van der Waals surface area (Å²) >= 11 is 0. The van der Waals surface area contributed by atoms with Gasteiger partial charge in [-0.25, -0.2) is 0 Å². The van der Waals surface area contributed by atoms with E-state index >= 15 is 0 Å². The fourth-order valence-electron chi connectivity index (χ4n) is 1.02. The van der Waals surface area contributed by atoms with Crippen LogP contribution in [0.1, 0.15) is 0 Å². The van der Waals surface area contributed by atoms with Crippen LogP contribution in [-0.2, 0) is 0 Å². The van der Waals surface area contributed by atoms with Crippen molar-refractivity contribution in [1.29, 1.82) is 0 Å². The first-order valence-electron chi connectivity index (χ1n) is 3.26. The van der Waals surface area contributed by atoms with Gasteiger partial charge >= 0.3 is 17.6 Å². The number of hydrogen-bond acceptors (Lipinski definition) is 1. The molecule has 11 heavy (non-hydrogen) atoms. The molecule has 0 fully saturated rings. The molecule has 1 nitrogen and oxygen atoms in total. The summed E-state index contributed by atoms with van der Waals surface area (Å²) in [4.78, 5) is 4.18. The third kappa shape index (κ3) is 1.60. The molecule has 2 rings (SSSR count). The third-order valence-corrected chi connectivity index (χ3v) is 1.51. The molecule has 0 atom stereocenters. The van der Waals surface area contributed by atoms with Gasteiger partial charge in [0, 0.05) is 11.6 Å². The smallest absolute Gasteiger partial charge is 0.0701 e. The van der Waals surface area contributed by atoms with Crippen LogP contribution in [0.5, 0.6) is 0 Å². The van der Waals surface area contributed by atoms with E-state index < -0.39 is 0 Å². The molecule has 2 aromatic rings. The first kappa shape index (κ1) is 8.27. The minimum Gasteiger partial charge on any atom is -0.256 e. The van der Waals surface area contributed by atoms with Gasteiger partial charge in [-0.15, -0.1) is 0 Å². The van der Waals surface area contributed by atoms with Crippen LogP contribution in [0, 0.1) is 0 Å². The number of rotatable bonds is 0. The number of aromatic nitrogens is 1. The second-order valence-electron chi connectivity index (χ2n) is 2.20. The maximum absolute atomic E-state index is 4.18. The molecule has 0 bridgehead atoms. The van der Waals surface area contributed by atoms with Crippen LogP contribution >= 0.6 is 0 Å². The molecular formula is C9H11GeN. The summed E-state index contributed by atoms with van der Waals surface area (Å²) in [6.45, 7) is 0. The van der Waals surface area contributed by atoms with Gasteiger partial charge in [-0.2, -0.15) is 0 Å². The maximum atomic E-state index is 4.18. The Hall–Kier alpha value is -0.827. The van der Waals surface area contributed by atoms with Gasteiger partial charge in [-0.1, -0.05) is 24.3 Å². The molecule has 0 saturated heterocycles. The van der Waals surface area contributed by atoms with Crippen molar-refractivity contribution < 1.29 is 0 Å². The Morgan fingerprint density at radius 3 is 2.45 bits per heavy atom. The van der Waals surface area contributed by atoms with Gasteiger partial charge in [0.2, 0.25) is 0 Å². The molecule has 0 amide bonds. The van der Waals surface area contributed by atoms with Gasteiger partial charge in [0.25, 0.3) is 0 Å². The zero-order valence-electron chi connectivity index (χ0n) is 5.49. The number of para-hydroxylation sites is 1. The summed E-state index contributed by atoms with van der Waals surface area (Å²) < 4.78 is 0. The van der Waals surface area contributed by atoms with Gasteiger partial charge in [0.15, 0.2) is 0 Å². The van der Waals surface area contributed by atoms with Gasteiger partial charge in [0.05, 0.1) is 5.52 Å². The van der Waals surface area contributed by atoms with E-state index in [1.54, 1.807) is 0 Å². The largest absolute Gasteiger partial charge is 0.256 e. The van der Waals surface area contributed by atoms with E-state index in [9.17, 15) is 0 Å². The summed E-state index contributed by atoms with van der Waals surface area (Å²) in [5, 5.41) is 1.20. The quantitative estimate of drug-likeness (QED) is 0.580. The second kappa shape index (κ2) is 3.53. The molecule has 1 heterocycles. The van der Waals surface area contributed by atoms with Crippen molar-refractivity contribution in [2.45, 2.75) is 0 Å². The Labute approximate surface area is 76.4 Å². The minimum absolute atomic E-state index is 0. The van der Waals surface area contributed by atoms with E-state index in [1.165, 1.54) is 5.39 Å². The third-order valence-electron chi connectivity index (χ3n) is 1.51. The van der Waals surface area contributed by atoms with Crippen LogP contribution in [0.4, 0.5) is 0 Å². The van der Waals surface area contributed by atoms with E-state index in [2.05, 4.69) is 17.1 Å². The van der Waals surface area contributed by atoms with E-state index in [-0.39, 0.29) is 17.6 Å². The number of fused-ring (bicyclic) bond motifs is 1. The molecule has 56 valence electrons. The number of hydrogen-bond donors (Lipinski definition) is 0. The van der Waals surface area contributed by atoms with Crippen molar-refractivity contribution in [3.05, 3.63) is 42.6 Å². The molecule has 0 spiro atoms. The standard InChI is InChI=1S/C9H7N.GeH4/c1-2-6-9-8(4-1)5-3-7-10-9;/h1-7H;1H4. The van der Waals surface area contributed by atoms with Crippen molar-refractivity contribution in [2.24, 2.45) is 0 Å². The molecule has 0 radical (unpaired) electrons. The topological polar surface area (TPSA) is 12.9 Å². The normalized spacial score (nSPS) is 9.09. The van der Waals surface area contributed by atoms with Gasteiger partial charge in [0.1, 0.15) is 0 Å².